The van der Waals surface area contributed by atoms with E-state index in [1.807, 2.05) is 12.1 Å². The van der Waals surface area contributed by atoms with Crippen molar-refractivity contribution < 1.29 is 14.6 Å². The van der Waals surface area contributed by atoms with Gasteiger partial charge in [0.15, 0.2) is 0 Å². The van der Waals surface area contributed by atoms with Crippen LogP contribution in [-0.4, -0.2) is 42.2 Å². The zero-order valence-electron chi connectivity index (χ0n) is 19.5. The molecule has 0 amide bonds. The second-order valence-electron chi connectivity index (χ2n) is 9.52. The Balaban J connectivity index is 0.00000306. The van der Waals surface area contributed by atoms with Crippen LogP contribution in [0.1, 0.15) is 56.2 Å². The summed E-state index contributed by atoms with van der Waals surface area (Å²) in [6.07, 6.45) is 2.02. The molecule has 1 N–H and O–H groups in total. The summed E-state index contributed by atoms with van der Waals surface area (Å²) in [6.45, 7) is 9.37. The molecule has 1 saturated heterocycles. The van der Waals surface area contributed by atoms with Crippen LogP contribution in [0.4, 0.5) is 0 Å². The zero-order chi connectivity index (χ0) is 22.9. The minimum Gasteiger partial charge on any atom is -0.492 e. The number of aliphatic carboxylic acids is 1. The maximum atomic E-state index is 11.2. The highest BCUT2D eigenvalue weighted by Crippen LogP contribution is 2.47. The molecule has 0 radical (unpaired) electrons. The van der Waals surface area contributed by atoms with E-state index in [0.717, 1.165) is 49.1 Å². The van der Waals surface area contributed by atoms with Gasteiger partial charge in [-0.25, -0.2) is 0 Å². The average Bonchev–Trinajstić information content (AvgIpc) is 3.11. The first-order valence-electron chi connectivity index (χ1n) is 11.4. The van der Waals surface area contributed by atoms with Crippen LogP contribution in [0.15, 0.2) is 41.3 Å². The van der Waals surface area contributed by atoms with E-state index in [4.69, 9.17) is 16.3 Å². The van der Waals surface area contributed by atoms with Crippen LogP contribution in [0.2, 0.25) is 5.02 Å². The van der Waals surface area contributed by atoms with Crippen LogP contribution in [0, 0.1) is 5.92 Å². The van der Waals surface area contributed by atoms with Crippen molar-refractivity contribution in [2.24, 2.45) is 5.92 Å². The number of hydrogen-bond acceptors (Lipinski definition) is 4. The van der Waals surface area contributed by atoms with Gasteiger partial charge < -0.3 is 14.7 Å². The van der Waals surface area contributed by atoms with Crippen molar-refractivity contribution in [3.63, 3.8) is 0 Å². The van der Waals surface area contributed by atoms with Crippen molar-refractivity contribution in [3.8, 4) is 5.75 Å². The number of carboxylic acids is 1. The summed E-state index contributed by atoms with van der Waals surface area (Å²) < 4.78 is 6.17. The summed E-state index contributed by atoms with van der Waals surface area (Å²) in [5.74, 6) is 1.24. The predicted molar refractivity (Wildman–Crippen MR) is 138 cm³/mol. The maximum Gasteiger partial charge on any atom is 0.307 e. The van der Waals surface area contributed by atoms with E-state index in [0.29, 0.717) is 12.5 Å². The van der Waals surface area contributed by atoms with Gasteiger partial charge in [-0.3, -0.25) is 4.79 Å². The lowest BCUT2D eigenvalue weighted by molar-refractivity contribution is -0.141. The molecule has 0 aromatic heterocycles. The third kappa shape index (κ3) is 5.64. The molecule has 7 heteroatoms. The van der Waals surface area contributed by atoms with Gasteiger partial charge in [-0.15, -0.1) is 24.2 Å². The van der Waals surface area contributed by atoms with E-state index >= 15 is 0 Å². The molecule has 180 valence electrons. The lowest BCUT2D eigenvalue weighted by Crippen LogP contribution is -2.45. The van der Waals surface area contributed by atoms with Crippen LogP contribution in [0.5, 0.6) is 5.75 Å². The standard InChI is InChI=1S/C26H32ClNO3S.ClH/c1-17(2)20-5-4-6-23(27)21(20)15-32-19-7-8-22-24(13-19)31-16-26(22)9-11-28(12-10-26)14-18(3)25(29)30;/h4-8,13,17-18H,9-12,14-16H2,1-3H3,(H,29,30);1H. The summed E-state index contributed by atoms with van der Waals surface area (Å²) in [7, 11) is 0. The Hall–Kier alpha value is -1.40. The lowest BCUT2D eigenvalue weighted by Gasteiger charge is -2.39. The zero-order valence-corrected chi connectivity index (χ0v) is 21.9. The number of piperidine rings is 1. The third-order valence-corrected chi connectivity index (χ3v) is 8.33. The second-order valence-corrected chi connectivity index (χ2v) is 11.0. The Morgan fingerprint density at radius 3 is 2.61 bits per heavy atom. The first-order chi connectivity index (χ1) is 15.3. The summed E-state index contributed by atoms with van der Waals surface area (Å²) in [5.41, 5.74) is 3.91. The Morgan fingerprint density at radius 1 is 1.21 bits per heavy atom. The molecular formula is C26H33Cl2NO3S. The normalized spacial score (nSPS) is 18.0. The number of thioether (sulfide) groups is 1. The number of hydrogen-bond donors (Lipinski definition) is 1. The number of carboxylic acid groups (broad SMARTS) is 1. The van der Waals surface area contributed by atoms with Gasteiger partial charge in [0, 0.05) is 33.2 Å². The second kappa shape index (κ2) is 10.9. The van der Waals surface area contributed by atoms with Crippen LogP contribution in [0.25, 0.3) is 0 Å². The largest absolute Gasteiger partial charge is 0.492 e. The van der Waals surface area contributed by atoms with Crippen LogP contribution >= 0.6 is 35.8 Å². The number of nitrogens with zero attached hydrogens (tertiary/aromatic N) is 1. The van der Waals surface area contributed by atoms with Gasteiger partial charge in [0.05, 0.1) is 12.5 Å². The lowest BCUT2D eigenvalue weighted by atomic mass is 9.74. The highest BCUT2D eigenvalue weighted by atomic mass is 35.5. The first kappa shape index (κ1) is 26.2. The number of likely N-dealkylation sites (tertiary alicyclic amines) is 1. The van der Waals surface area contributed by atoms with E-state index in [9.17, 15) is 9.90 Å². The fourth-order valence-corrected chi connectivity index (χ4v) is 6.23. The topological polar surface area (TPSA) is 49.8 Å². The third-order valence-electron chi connectivity index (χ3n) is 6.96. The Morgan fingerprint density at radius 2 is 1.94 bits per heavy atom. The number of ether oxygens (including phenoxy) is 1. The van der Waals surface area contributed by atoms with E-state index in [-0.39, 0.29) is 23.7 Å². The van der Waals surface area contributed by atoms with Gasteiger partial charge >= 0.3 is 5.97 Å². The fraction of sp³-hybridized carbons (Fsp3) is 0.500. The molecule has 4 nitrogen and oxygen atoms in total. The maximum absolute atomic E-state index is 11.2. The van der Waals surface area contributed by atoms with Gasteiger partial charge in [-0.05, 0) is 61.2 Å². The van der Waals surface area contributed by atoms with Crippen molar-refractivity contribution in [3.05, 3.63) is 58.1 Å². The molecule has 2 aromatic carbocycles. The molecule has 0 aliphatic carbocycles. The molecule has 33 heavy (non-hydrogen) atoms. The number of halogens is 2. The molecular weight excluding hydrogens is 477 g/mol. The smallest absolute Gasteiger partial charge is 0.307 e. The summed E-state index contributed by atoms with van der Waals surface area (Å²) in [4.78, 5) is 14.7. The van der Waals surface area contributed by atoms with Crippen LogP contribution in [0.3, 0.4) is 0 Å². The monoisotopic (exact) mass is 509 g/mol. The van der Waals surface area contributed by atoms with Gasteiger partial charge in [0.1, 0.15) is 5.75 Å². The fourth-order valence-electron chi connectivity index (χ4n) is 4.91. The van der Waals surface area contributed by atoms with Crippen molar-refractivity contribution in [1.82, 2.24) is 4.90 Å². The summed E-state index contributed by atoms with van der Waals surface area (Å²) >= 11 is 8.32. The molecule has 1 unspecified atom stereocenters. The van der Waals surface area contributed by atoms with E-state index in [1.165, 1.54) is 21.6 Å². The summed E-state index contributed by atoms with van der Waals surface area (Å²) in [5, 5.41) is 10.0. The Labute approximate surface area is 212 Å². The van der Waals surface area contributed by atoms with E-state index in [2.05, 4.69) is 43.0 Å². The molecule has 1 fully saturated rings. The van der Waals surface area contributed by atoms with Crippen LogP contribution in [-0.2, 0) is 16.0 Å². The van der Waals surface area contributed by atoms with Gasteiger partial charge in [0.2, 0.25) is 0 Å². The molecule has 2 aromatic rings. The number of carbonyl (C=O) groups is 1. The van der Waals surface area contributed by atoms with Gasteiger partial charge in [0.25, 0.3) is 0 Å². The average molecular weight is 511 g/mol. The molecule has 0 saturated carbocycles. The molecule has 4 rings (SSSR count). The number of rotatable bonds is 7. The number of benzene rings is 2. The molecule has 0 bridgehead atoms. The van der Waals surface area contributed by atoms with Crippen molar-refractivity contribution in [2.45, 2.75) is 55.6 Å². The van der Waals surface area contributed by atoms with Gasteiger partial charge in [-0.1, -0.05) is 50.6 Å². The molecule has 2 heterocycles. The highest BCUT2D eigenvalue weighted by molar-refractivity contribution is 7.98. The van der Waals surface area contributed by atoms with E-state index in [1.54, 1.807) is 18.7 Å². The van der Waals surface area contributed by atoms with Crippen LogP contribution < -0.4 is 4.74 Å². The first-order valence-corrected chi connectivity index (χ1v) is 12.8. The van der Waals surface area contributed by atoms with Crippen molar-refractivity contribution in [2.75, 3.05) is 26.2 Å². The predicted octanol–water partition coefficient (Wildman–Crippen LogP) is 6.62. The quantitative estimate of drug-likeness (QED) is 0.424. The molecule has 1 spiro atoms. The molecule has 2 aliphatic heterocycles. The number of fused-ring (bicyclic) bond motifs is 2. The minimum absolute atomic E-state index is 0. The highest BCUT2D eigenvalue weighted by Gasteiger charge is 2.43. The Kier molecular flexibility index (Phi) is 8.66. The summed E-state index contributed by atoms with van der Waals surface area (Å²) in [6, 6.07) is 12.8. The minimum atomic E-state index is -0.720. The van der Waals surface area contributed by atoms with Crippen molar-refractivity contribution >= 4 is 41.7 Å². The van der Waals surface area contributed by atoms with E-state index < -0.39 is 5.97 Å². The Bertz CT molecular complexity index is 989. The SMILES string of the molecule is CC(CN1CCC2(CC1)COc1cc(SCc3c(Cl)cccc3C(C)C)ccc12)C(=O)O.Cl. The molecule has 1 atom stereocenters. The van der Waals surface area contributed by atoms with Crippen molar-refractivity contribution in [1.29, 1.82) is 0 Å². The molecule has 2 aliphatic rings. The van der Waals surface area contributed by atoms with Gasteiger partial charge in [-0.2, -0.15) is 0 Å².